The number of aryl methyl sites for hydroxylation is 1. The van der Waals surface area contributed by atoms with Gasteiger partial charge in [0.15, 0.2) is 5.82 Å². The molecule has 3 rings (SSSR count). The summed E-state index contributed by atoms with van der Waals surface area (Å²) < 4.78 is 2.67. The highest BCUT2D eigenvalue weighted by Crippen LogP contribution is 2.20. The Kier molecular flexibility index (Phi) is 4.14. The number of nitrogens with one attached hydrogen (secondary N) is 1. The summed E-state index contributed by atoms with van der Waals surface area (Å²) in [6, 6.07) is 14.8. The van der Waals surface area contributed by atoms with Gasteiger partial charge in [0.05, 0.1) is 0 Å². The summed E-state index contributed by atoms with van der Waals surface area (Å²) in [6.45, 7) is 0. The first kappa shape index (κ1) is 14.6. The number of tetrazole rings is 1. The predicted molar refractivity (Wildman–Crippen MR) is 91.3 cm³/mol. The molecule has 0 atom stereocenters. The number of hydrogen-bond donors (Lipinski definition) is 1. The van der Waals surface area contributed by atoms with Crippen LogP contribution in [0.2, 0.25) is 0 Å². The molecule has 6 nitrogen and oxygen atoms in total. The van der Waals surface area contributed by atoms with Gasteiger partial charge in [-0.2, -0.15) is 0 Å². The number of halogens is 1. The zero-order valence-electron chi connectivity index (χ0n) is 11.7. The third-order valence-electron chi connectivity index (χ3n) is 3.11. The normalized spacial score (nSPS) is 10.5. The Bertz CT molecular complexity index is 813. The molecule has 0 spiro atoms. The highest BCUT2D eigenvalue weighted by molar-refractivity contribution is 14.1. The van der Waals surface area contributed by atoms with Crippen LogP contribution in [0.25, 0.3) is 11.4 Å². The minimum Gasteiger partial charge on any atom is -0.322 e. The van der Waals surface area contributed by atoms with Crippen LogP contribution in [0.15, 0.2) is 48.5 Å². The molecular weight excluding hydrogens is 393 g/mol. The van der Waals surface area contributed by atoms with Crippen molar-refractivity contribution in [2.24, 2.45) is 7.05 Å². The molecular formula is C15H12IN5O. The van der Waals surface area contributed by atoms with Crippen LogP contribution in [-0.2, 0) is 7.05 Å². The Morgan fingerprint density at radius 1 is 1.18 bits per heavy atom. The molecule has 110 valence electrons. The number of carbonyl (C=O) groups excluding carboxylic acids is 1. The lowest BCUT2D eigenvalue weighted by Gasteiger charge is -2.07. The van der Waals surface area contributed by atoms with Crippen LogP contribution in [0.3, 0.4) is 0 Å². The van der Waals surface area contributed by atoms with Crippen molar-refractivity contribution in [3.8, 4) is 11.4 Å². The van der Waals surface area contributed by atoms with E-state index in [1.807, 2.05) is 36.4 Å². The lowest BCUT2D eigenvalue weighted by molar-refractivity contribution is 0.102. The maximum Gasteiger partial charge on any atom is 0.255 e. The van der Waals surface area contributed by atoms with Gasteiger partial charge in [-0.3, -0.25) is 4.79 Å². The Morgan fingerprint density at radius 3 is 2.64 bits per heavy atom. The number of nitrogens with zero attached hydrogens (tertiary/aromatic N) is 4. The number of amides is 1. The SMILES string of the molecule is Cn1nnnc1-c1cccc(NC(=O)c2ccc(I)cc2)c1. The summed E-state index contributed by atoms with van der Waals surface area (Å²) >= 11 is 2.20. The van der Waals surface area contributed by atoms with Gasteiger partial charge in [-0.15, -0.1) is 5.10 Å². The fraction of sp³-hybridized carbons (Fsp3) is 0.0667. The summed E-state index contributed by atoms with van der Waals surface area (Å²) in [5.74, 6) is 0.495. The molecule has 0 fully saturated rings. The van der Waals surface area contributed by atoms with Crippen LogP contribution in [0.1, 0.15) is 10.4 Å². The van der Waals surface area contributed by atoms with Crippen molar-refractivity contribution in [2.45, 2.75) is 0 Å². The first-order valence-corrected chi connectivity index (χ1v) is 7.61. The highest BCUT2D eigenvalue weighted by atomic mass is 127. The third-order valence-corrected chi connectivity index (χ3v) is 3.82. The van der Waals surface area contributed by atoms with Crippen molar-refractivity contribution >= 4 is 34.2 Å². The molecule has 22 heavy (non-hydrogen) atoms. The summed E-state index contributed by atoms with van der Waals surface area (Å²) in [4.78, 5) is 12.2. The average Bonchev–Trinajstić information content (AvgIpc) is 2.94. The standard InChI is InChI=1S/C15H12IN5O/c1-21-14(18-19-20-21)11-3-2-4-13(9-11)17-15(22)10-5-7-12(16)8-6-10/h2-9H,1H3,(H,17,22). The van der Waals surface area contributed by atoms with E-state index in [-0.39, 0.29) is 5.91 Å². The predicted octanol–water partition coefficient (Wildman–Crippen LogP) is 2.73. The van der Waals surface area contributed by atoms with Crippen LogP contribution in [0, 0.1) is 3.57 Å². The van der Waals surface area contributed by atoms with Crippen molar-refractivity contribution in [3.63, 3.8) is 0 Å². The molecule has 0 aliphatic carbocycles. The highest BCUT2D eigenvalue weighted by Gasteiger charge is 2.09. The van der Waals surface area contributed by atoms with Gasteiger partial charge in [0.1, 0.15) is 0 Å². The lowest BCUT2D eigenvalue weighted by Crippen LogP contribution is -2.11. The number of anilines is 1. The van der Waals surface area contributed by atoms with Gasteiger partial charge in [-0.1, -0.05) is 12.1 Å². The maximum absolute atomic E-state index is 12.2. The molecule has 0 saturated heterocycles. The van der Waals surface area contributed by atoms with Crippen LogP contribution < -0.4 is 5.32 Å². The number of carbonyl (C=O) groups is 1. The number of benzene rings is 2. The Morgan fingerprint density at radius 2 is 1.95 bits per heavy atom. The van der Waals surface area contributed by atoms with Gasteiger partial charge >= 0.3 is 0 Å². The minimum atomic E-state index is -0.148. The molecule has 2 aromatic carbocycles. The van der Waals surface area contributed by atoms with E-state index in [1.54, 1.807) is 23.9 Å². The zero-order valence-corrected chi connectivity index (χ0v) is 13.9. The van der Waals surface area contributed by atoms with Gasteiger partial charge in [0.25, 0.3) is 5.91 Å². The molecule has 1 amide bonds. The van der Waals surface area contributed by atoms with Gasteiger partial charge in [0.2, 0.25) is 0 Å². The van der Waals surface area contributed by atoms with E-state index in [0.29, 0.717) is 17.1 Å². The van der Waals surface area contributed by atoms with Crippen LogP contribution in [-0.4, -0.2) is 26.1 Å². The van der Waals surface area contributed by atoms with E-state index in [4.69, 9.17) is 0 Å². The monoisotopic (exact) mass is 405 g/mol. The third kappa shape index (κ3) is 3.14. The molecule has 1 aromatic heterocycles. The molecule has 0 saturated carbocycles. The second kappa shape index (κ2) is 6.22. The minimum absolute atomic E-state index is 0.148. The molecule has 0 radical (unpaired) electrons. The van der Waals surface area contributed by atoms with E-state index in [0.717, 1.165) is 9.13 Å². The number of rotatable bonds is 3. The van der Waals surface area contributed by atoms with Crippen LogP contribution in [0.5, 0.6) is 0 Å². The number of aromatic nitrogens is 4. The second-order valence-corrected chi connectivity index (χ2v) is 5.91. The molecule has 1 N–H and O–H groups in total. The van der Waals surface area contributed by atoms with E-state index >= 15 is 0 Å². The summed E-state index contributed by atoms with van der Waals surface area (Å²) in [5.41, 5.74) is 2.16. The Labute approximate surface area is 140 Å². The van der Waals surface area contributed by atoms with E-state index < -0.39 is 0 Å². The lowest BCUT2D eigenvalue weighted by atomic mass is 10.1. The van der Waals surface area contributed by atoms with Gasteiger partial charge in [-0.05, 0) is 69.4 Å². The summed E-state index contributed by atoms with van der Waals surface area (Å²) in [7, 11) is 1.77. The van der Waals surface area contributed by atoms with Crippen molar-refractivity contribution < 1.29 is 4.79 Å². The quantitative estimate of drug-likeness (QED) is 0.681. The Balaban J connectivity index is 1.82. The molecule has 7 heteroatoms. The molecule has 0 aliphatic rings. The first-order valence-electron chi connectivity index (χ1n) is 6.53. The number of hydrogen-bond acceptors (Lipinski definition) is 4. The topological polar surface area (TPSA) is 72.7 Å². The molecule has 3 aromatic rings. The van der Waals surface area contributed by atoms with Crippen LogP contribution in [0.4, 0.5) is 5.69 Å². The fourth-order valence-corrected chi connectivity index (χ4v) is 2.37. The van der Waals surface area contributed by atoms with Crippen molar-refractivity contribution in [2.75, 3.05) is 5.32 Å². The second-order valence-electron chi connectivity index (χ2n) is 4.67. The van der Waals surface area contributed by atoms with Crippen molar-refractivity contribution in [3.05, 3.63) is 57.7 Å². The fourth-order valence-electron chi connectivity index (χ4n) is 2.01. The zero-order chi connectivity index (χ0) is 15.5. The van der Waals surface area contributed by atoms with Crippen LogP contribution >= 0.6 is 22.6 Å². The molecule has 1 heterocycles. The molecule has 0 bridgehead atoms. The van der Waals surface area contributed by atoms with E-state index in [1.165, 1.54) is 0 Å². The van der Waals surface area contributed by atoms with E-state index in [9.17, 15) is 4.79 Å². The molecule has 0 unspecified atom stereocenters. The maximum atomic E-state index is 12.2. The van der Waals surface area contributed by atoms with Gasteiger partial charge in [-0.25, -0.2) is 4.68 Å². The van der Waals surface area contributed by atoms with E-state index in [2.05, 4.69) is 43.4 Å². The largest absolute Gasteiger partial charge is 0.322 e. The van der Waals surface area contributed by atoms with Gasteiger partial charge in [0, 0.05) is 27.4 Å². The molecule has 0 aliphatic heterocycles. The first-order chi connectivity index (χ1) is 10.6. The van der Waals surface area contributed by atoms with Gasteiger partial charge < -0.3 is 5.32 Å². The summed E-state index contributed by atoms with van der Waals surface area (Å²) in [5, 5.41) is 14.3. The smallest absolute Gasteiger partial charge is 0.255 e. The summed E-state index contributed by atoms with van der Waals surface area (Å²) in [6.07, 6.45) is 0. The Hall–Kier alpha value is -2.29. The van der Waals surface area contributed by atoms with Crippen molar-refractivity contribution in [1.29, 1.82) is 0 Å². The average molecular weight is 405 g/mol. The van der Waals surface area contributed by atoms with Crippen molar-refractivity contribution in [1.82, 2.24) is 20.2 Å².